The minimum absolute atomic E-state index is 0.190. The van der Waals surface area contributed by atoms with Crippen molar-refractivity contribution in [1.29, 1.82) is 0 Å². The van der Waals surface area contributed by atoms with Crippen molar-refractivity contribution < 1.29 is 18.9 Å². The molecule has 0 saturated carbocycles. The number of benzene rings is 1. The van der Waals surface area contributed by atoms with E-state index in [-0.39, 0.29) is 13.6 Å². The summed E-state index contributed by atoms with van der Waals surface area (Å²) < 4.78 is 21.1. The summed E-state index contributed by atoms with van der Waals surface area (Å²) in [5.74, 6) is 1.33. The molecule has 4 heteroatoms. The fourth-order valence-corrected chi connectivity index (χ4v) is 3.60. The molecule has 4 nitrogen and oxygen atoms in total. The van der Waals surface area contributed by atoms with Gasteiger partial charge in [0.15, 0.2) is 25.1 Å². The topological polar surface area (TPSA) is 36.9 Å². The van der Waals surface area contributed by atoms with Gasteiger partial charge in [0.2, 0.25) is 0 Å². The lowest BCUT2D eigenvalue weighted by Crippen LogP contribution is -2.04. The zero-order valence-corrected chi connectivity index (χ0v) is 20.3. The van der Waals surface area contributed by atoms with Crippen LogP contribution in [0.15, 0.2) is 24.3 Å². The van der Waals surface area contributed by atoms with Crippen LogP contribution in [0, 0.1) is 0 Å². The molecule has 0 fully saturated rings. The van der Waals surface area contributed by atoms with Crippen molar-refractivity contribution in [1.82, 2.24) is 0 Å². The SMILES string of the molecule is CCCCCCCCCCCCCCC/C=C/c1ccc(OCOC)c(OCOC)c1. The molecule has 0 aromatic heterocycles. The van der Waals surface area contributed by atoms with Crippen molar-refractivity contribution in [3.05, 3.63) is 29.8 Å². The van der Waals surface area contributed by atoms with E-state index in [1.165, 1.54) is 83.5 Å². The summed E-state index contributed by atoms with van der Waals surface area (Å²) in [5.41, 5.74) is 1.10. The Morgan fingerprint density at radius 3 is 1.71 bits per heavy atom. The lowest BCUT2D eigenvalue weighted by molar-refractivity contribution is 0.0322. The second-order valence-corrected chi connectivity index (χ2v) is 8.24. The number of rotatable bonds is 21. The first-order valence-electron chi connectivity index (χ1n) is 12.4. The molecule has 0 aliphatic carbocycles. The molecule has 0 unspecified atom stereocenters. The highest BCUT2D eigenvalue weighted by Gasteiger charge is 2.06. The summed E-state index contributed by atoms with van der Waals surface area (Å²) in [6, 6.07) is 5.92. The predicted octanol–water partition coefficient (Wildman–Crippen LogP) is 8.15. The number of hydrogen-bond acceptors (Lipinski definition) is 4. The van der Waals surface area contributed by atoms with Crippen molar-refractivity contribution in [2.45, 2.75) is 96.8 Å². The minimum Gasteiger partial charge on any atom is -0.464 e. The molecule has 0 bridgehead atoms. The molecule has 1 rings (SSSR count). The van der Waals surface area contributed by atoms with Gasteiger partial charge in [-0.05, 0) is 30.5 Å². The Kier molecular flexibility index (Phi) is 18.1. The summed E-state index contributed by atoms with van der Waals surface area (Å²) in [7, 11) is 3.21. The second kappa shape index (κ2) is 20.4. The van der Waals surface area contributed by atoms with Gasteiger partial charge in [-0.1, -0.05) is 102 Å². The Morgan fingerprint density at radius 2 is 1.16 bits per heavy atom. The third-order valence-electron chi connectivity index (χ3n) is 5.42. The van der Waals surface area contributed by atoms with E-state index in [9.17, 15) is 0 Å². The van der Waals surface area contributed by atoms with Gasteiger partial charge in [0.25, 0.3) is 0 Å². The number of hydrogen-bond donors (Lipinski definition) is 0. The molecule has 0 N–H and O–H groups in total. The van der Waals surface area contributed by atoms with Crippen LogP contribution in [0.1, 0.15) is 102 Å². The standard InChI is InChI=1S/C27H46O4/c1-4-5-6-7-8-9-10-11-12-13-14-15-16-17-18-19-25-20-21-26(30-23-28-2)27(22-25)31-24-29-3/h18-22H,4-17,23-24H2,1-3H3/b19-18+. The predicted molar refractivity (Wildman–Crippen MR) is 131 cm³/mol. The van der Waals surface area contributed by atoms with Gasteiger partial charge in [-0.25, -0.2) is 0 Å². The molecule has 0 radical (unpaired) electrons. The second-order valence-electron chi connectivity index (χ2n) is 8.24. The van der Waals surface area contributed by atoms with Crippen LogP contribution in [-0.2, 0) is 9.47 Å². The van der Waals surface area contributed by atoms with E-state index in [0.717, 1.165) is 12.0 Å². The van der Waals surface area contributed by atoms with Crippen LogP contribution in [0.3, 0.4) is 0 Å². The zero-order valence-electron chi connectivity index (χ0n) is 20.3. The third kappa shape index (κ3) is 15.0. The average Bonchev–Trinajstić information content (AvgIpc) is 2.79. The molecule has 0 saturated heterocycles. The summed E-state index contributed by atoms with van der Waals surface area (Å²) in [5, 5.41) is 0. The first kappa shape index (κ1) is 27.5. The number of allylic oxidation sites excluding steroid dienone is 1. The van der Waals surface area contributed by atoms with Crippen LogP contribution in [0.2, 0.25) is 0 Å². The highest BCUT2D eigenvalue weighted by atomic mass is 16.7. The van der Waals surface area contributed by atoms with E-state index in [1.54, 1.807) is 14.2 Å². The van der Waals surface area contributed by atoms with Gasteiger partial charge in [0.05, 0.1) is 0 Å². The van der Waals surface area contributed by atoms with Crippen LogP contribution >= 0.6 is 0 Å². The van der Waals surface area contributed by atoms with E-state index in [2.05, 4.69) is 19.1 Å². The van der Waals surface area contributed by atoms with Crippen molar-refractivity contribution in [3.63, 3.8) is 0 Å². The molecule has 1 aromatic rings. The van der Waals surface area contributed by atoms with E-state index in [0.29, 0.717) is 11.5 Å². The van der Waals surface area contributed by atoms with Gasteiger partial charge in [-0.2, -0.15) is 0 Å². The lowest BCUT2D eigenvalue weighted by Gasteiger charge is -2.12. The van der Waals surface area contributed by atoms with Crippen LogP contribution in [0.5, 0.6) is 11.5 Å². The smallest absolute Gasteiger partial charge is 0.188 e. The summed E-state index contributed by atoms with van der Waals surface area (Å²) >= 11 is 0. The molecular weight excluding hydrogens is 388 g/mol. The van der Waals surface area contributed by atoms with Gasteiger partial charge >= 0.3 is 0 Å². The molecule has 0 heterocycles. The quantitative estimate of drug-likeness (QED) is 0.144. The average molecular weight is 435 g/mol. The van der Waals surface area contributed by atoms with Crippen molar-refractivity contribution in [2.24, 2.45) is 0 Å². The molecule has 178 valence electrons. The Labute approximate surface area is 191 Å². The largest absolute Gasteiger partial charge is 0.464 e. The Balaban J connectivity index is 2.11. The highest BCUT2D eigenvalue weighted by Crippen LogP contribution is 2.29. The maximum Gasteiger partial charge on any atom is 0.188 e. The molecule has 0 aliphatic rings. The zero-order chi connectivity index (χ0) is 22.4. The van der Waals surface area contributed by atoms with Crippen LogP contribution in [0.4, 0.5) is 0 Å². The lowest BCUT2D eigenvalue weighted by atomic mass is 10.0. The van der Waals surface area contributed by atoms with Crippen molar-refractivity contribution in [3.8, 4) is 11.5 Å². The number of ether oxygens (including phenoxy) is 4. The molecule has 1 aromatic carbocycles. The van der Waals surface area contributed by atoms with Gasteiger partial charge in [-0.15, -0.1) is 0 Å². The summed E-state index contributed by atoms with van der Waals surface area (Å²) in [6.07, 6.45) is 23.6. The van der Waals surface area contributed by atoms with Gasteiger partial charge in [0, 0.05) is 14.2 Å². The maximum absolute atomic E-state index is 5.62. The van der Waals surface area contributed by atoms with E-state index in [1.807, 2.05) is 18.2 Å². The molecule has 0 aliphatic heterocycles. The summed E-state index contributed by atoms with van der Waals surface area (Å²) in [6.45, 7) is 2.66. The van der Waals surface area contributed by atoms with Crippen molar-refractivity contribution in [2.75, 3.05) is 27.8 Å². The molecule has 0 atom stereocenters. The Bertz CT molecular complexity index is 556. The van der Waals surface area contributed by atoms with Crippen molar-refractivity contribution >= 4 is 6.08 Å². The van der Waals surface area contributed by atoms with Gasteiger partial charge in [-0.3, -0.25) is 0 Å². The Hall–Kier alpha value is -1.52. The summed E-state index contributed by atoms with van der Waals surface area (Å²) in [4.78, 5) is 0. The highest BCUT2D eigenvalue weighted by molar-refractivity contribution is 5.55. The first-order chi connectivity index (χ1) is 15.3. The molecule has 31 heavy (non-hydrogen) atoms. The van der Waals surface area contributed by atoms with Crippen LogP contribution in [-0.4, -0.2) is 27.8 Å². The Morgan fingerprint density at radius 1 is 0.645 bits per heavy atom. The fraction of sp³-hybridized carbons (Fsp3) is 0.704. The molecular formula is C27H46O4. The van der Waals surface area contributed by atoms with E-state index >= 15 is 0 Å². The fourth-order valence-electron chi connectivity index (χ4n) is 3.60. The van der Waals surface area contributed by atoms with E-state index < -0.39 is 0 Å². The van der Waals surface area contributed by atoms with E-state index in [4.69, 9.17) is 18.9 Å². The number of unbranched alkanes of at least 4 members (excludes halogenated alkanes) is 13. The molecule has 0 spiro atoms. The first-order valence-corrected chi connectivity index (χ1v) is 12.4. The normalized spacial score (nSPS) is 11.3. The van der Waals surface area contributed by atoms with Crippen LogP contribution < -0.4 is 9.47 Å². The van der Waals surface area contributed by atoms with Crippen LogP contribution in [0.25, 0.3) is 6.08 Å². The monoisotopic (exact) mass is 434 g/mol. The van der Waals surface area contributed by atoms with Gasteiger partial charge < -0.3 is 18.9 Å². The number of methoxy groups -OCH3 is 2. The maximum atomic E-state index is 5.62. The van der Waals surface area contributed by atoms with Gasteiger partial charge in [0.1, 0.15) is 0 Å². The third-order valence-corrected chi connectivity index (χ3v) is 5.42. The minimum atomic E-state index is 0.190. The molecule has 0 amide bonds.